The van der Waals surface area contributed by atoms with Gasteiger partial charge in [-0.3, -0.25) is 28.9 Å². The zero-order chi connectivity index (χ0) is 34.6. The van der Waals surface area contributed by atoms with Crippen LogP contribution in [0.3, 0.4) is 0 Å². The lowest BCUT2D eigenvalue weighted by atomic mass is 9.49. The van der Waals surface area contributed by atoms with Crippen LogP contribution < -0.4 is 4.90 Å². The highest BCUT2D eigenvalue weighted by Gasteiger charge is 2.70. The summed E-state index contributed by atoms with van der Waals surface area (Å²) in [4.78, 5) is 71.0. The largest absolute Gasteiger partial charge is 0.505 e. The minimum absolute atomic E-state index is 0.00520. The summed E-state index contributed by atoms with van der Waals surface area (Å²) in [5.74, 6) is -7.94. The number of aliphatic carboxylic acids is 1. The van der Waals surface area contributed by atoms with Gasteiger partial charge in [-0.05, 0) is 73.1 Å². The summed E-state index contributed by atoms with van der Waals surface area (Å²) in [5.41, 5.74) is 0.345. The van der Waals surface area contributed by atoms with Crippen LogP contribution in [0.15, 0.2) is 84.4 Å². The van der Waals surface area contributed by atoms with Crippen molar-refractivity contribution in [2.75, 3.05) is 11.4 Å². The molecule has 6 unspecified atom stereocenters. The summed E-state index contributed by atoms with van der Waals surface area (Å²) in [6, 6.07) is 19.3. The summed E-state index contributed by atoms with van der Waals surface area (Å²) < 4.78 is 15.2. The molecule has 2 N–H and O–H groups in total. The van der Waals surface area contributed by atoms with Gasteiger partial charge in [0.15, 0.2) is 11.6 Å². The quantitative estimate of drug-likeness (QED) is 0.161. The normalized spacial score (nSPS) is 27.6. The van der Waals surface area contributed by atoms with E-state index in [9.17, 15) is 24.3 Å². The predicted octanol–water partition coefficient (Wildman–Crippen LogP) is 5.99. The van der Waals surface area contributed by atoms with Gasteiger partial charge in [0.1, 0.15) is 0 Å². The average Bonchev–Trinajstić information content (AvgIpc) is 3.46. The first kappa shape index (κ1) is 32.7. The SMILES string of the molecule is O=C(O)CCCCCN1C(=O)C2CC=C3C(CC4C(=O)N(c5cccc(Cl)c5)C(=O)C4(c4ccccc4)C3c3ccc(O)c(F)c3)C2C1=O. The lowest BCUT2D eigenvalue weighted by Crippen LogP contribution is -2.53. The molecule has 3 fully saturated rings. The number of fused-ring (bicyclic) bond motifs is 4. The van der Waals surface area contributed by atoms with Crippen molar-refractivity contribution in [1.29, 1.82) is 0 Å². The first-order valence-corrected chi connectivity index (χ1v) is 16.9. The summed E-state index contributed by atoms with van der Waals surface area (Å²) in [7, 11) is 0. The third-order valence-corrected chi connectivity index (χ3v) is 11.1. The molecule has 7 rings (SSSR count). The van der Waals surface area contributed by atoms with Gasteiger partial charge >= 0.3 is 5.97 Å². The van der Waals surface area contributed by atoms with Crippen molar-refractivity contribution in [3.05, 3.63) is 106 Å². The van der Waals surface area contributed by atoms with Gasteiger partial charge in [-0.15, -0.1) is 0 Å². The van der Waals surface area contributed by atoms with Gasteiger partial charge < -0.3 is 10.2 Å². The van der Waals surface area contributed by atoms with Crippen LogP contribution in [0.25, 0.3) is 0 Å². The standard InChI is InChI=1S/C38H34ClFN2O7/c39-23-10-7-11-24(19-23)42-35(47)28-20-27-25(14-15-26-32(27)36(48)41(34(26)46)17-6-2-5-12-31(44)45)33(21-13-16-30(43)29(40)18-21)38(28,37(42)49)22-8-3-1-4-9-22/h1,3-4,7-11,13-14,16,18-19,26-28,32-33,43H,2,5-6,12,15,17,20H2,(H,44,45). The molecular weight excluding hydrogens is 651 g/mol. The fraction of sp³-hybridized carbons (Fsp3) is 0.342. The second-order valence-corrected chi connectivity index (χ2v) is 13.8. The van der Waals surface area contributed by atoms with Crippen molar-refractivity contribution in [1.82, 2.24) is 4.90 Å². The number of phenols is 1. The monoisotopic (exact) mass is 684 g/mol. The number of rotatable bonds is 9. The minimum atomic E-state index is -1.55. The van der Waals surface area contributed by atoms with Gasteiger partial charge in [0.05, 0.1) is 28.9 Å². The summed E-state index contributed by atoms with van der Waals surface area (Å²) in [6.45, 7) is 0.163. The number of carboxylic acids is 1. The topological polar surface area (TPSA) is 132 Å². The van der Waals surface area contributed by atoms with E-state index in [1.807, 2.05) is 6.08 Å². The number of likely N-dealkylation sites (tertiary alicyclic amines) is 1. The van der Waals surface area contributed by atoms with Crippen molar-refractivity contribution in [2.24, 2.45) is 23.7 Å². The Bertz CT molecular complexity index is 1910. The maximum absolute atomic E-state index is 15.2. The van der Waals surface area contributed by atoms with Crippen LogP contribution in [0.1, 0.15) is 55.6 Å². The van der Waals surface area contributed by atoms with Gasteiger partial charge in [0, 0.05) is 23.9 Å². The zero-order valence-electron chi connectivity index (χ0n) is 26.4. The van der Waals surface area contributed by atoms with E-state index in [2.05, 4.69) is 0 Å². The molecule has 0 radical (unpaired) electrons. The zero-order valence-corrected chi connectivity index (χ0v) is 27.2. The highest BCUT2D eigenvalue weighted by atomic mass is 35.5. The predicted molar refractivity (Wildman–Crippen MR) is 177 cm³/mol. The first-order chi connectivity index (χ1) is 23.5. The molecule has 2 aliphatic heterocycles. The Morgan fingerprint density at radius 1 is 0.898 bits per heavy atom. The van der Waals surface area contributed by atoms with Crippen molar-refractivity contribution < 1.29 is 38.6 Å². The lowest BCUT2D eigenvalue weighted by molar-refractivity contribution is -0.141. The molecule has 0 aromatic heterocycles. The molecule has 49 heavy (non-hydrogen) atoms. The molecule has 3 aromatic carbocycles. The molecular formula is C38H34ClFN2O7. The molecule has 0 spiro atoms. The van der Waals surface area contributed by atoms with E-state index in [1.54, 1.807) is 60.7 Å². The fourth-order valence-corrected chi connectivity index (χ4v) is 9.01. The van der Waals surface area contributed by atoms with Gasteiger partial charge in [-0.2, -0.15) is 0 Å². The van der Waals surface area contributed by atoms with Crippen molar-refractivity contribution >= 4 is 46.9 Å². The molecule has 2 aliphatic carbocycles. The molecule has 0 bridgehead atoms. The number of amides is 4. The number of nitrogens with zero attached hydrogens (tertiary/aromatic N) is 2. The Kier molecular flexibility index (Phi) is 8.39. The number of halogens is 2. The molecule has 252 valence electrons. The number of benzene rings is 3. The maximum atomic E-state index is 15.2. The number of carboxylic acid groups (broad SMARTS) is 1. The molecule has 4 amide bonds. The second kappa shape index (κ2) is 12.6. The van der Waals surface area contributed by atoms with Crippen LogP contribution in [0.4, 0.5) is 10.1 Å². The van der Waals surface area contributed by atoms with E-state index in [1.165, 1.54) is 17.0 Å². The Hall–Kier alpha value is -4.83. The Balaban J connectivity index is 1.36. The fourth-order valence-electron chi connectivity index (χ4n) is 8.83. The van der Waals surface area contributed by atoms with Crippen LogP contribution in [-0.2, 0) is 29.4 Å². The summed E-state index contributed by atoms with van der Waals surface area (Å²) in [6.07, 6.45) is 3.66. The minimum Gasteiger partial charge on any atom is -0.505 e. The molecule has 1 saturated carbocycles. The van der Waals surface area contributed by atoms with Gasteiger partial charge in [0.2, 0.25) is 23.6 Å². The van der Waals surface area contributed by atoms with E-state index in [-0.39, 0.29) is 37.6 Å². The van der Waals surface area contributed by atoms with Crippen molar-refractivity contribution in [3.8, 4) is 5.75 Å². The number of hydrogen-bond acceptors (Lipinski definition) is 6. The molecule has 11 heteroatoms. The number of carbonyl (C=O) groups is 5. The van der Waals surface area contributed by atoms with E-state index in [4.69, 9.17) is 16.7 Å². The number of allylic oxidation sites excluding steroid dienone is 2. The number of hydrogen-bond donors (Lipinski definition) is 2. The third-order valence-electron chi connectivity index (χ3n) is 10.8. The van der Waals surface area contributed by atoms with E-state index in [0.29, 0.717) is 46.7 Å². The molecule has 2 heterocycles. The number of anilines is 1. The van der Waals surface area contributed by atoms with Crippen molar-refractivity contribution in [3.63, 3.8) is 0 Å². The smallest absolute Gasteiger partial charge is 0.303 e. The van der Waals surface area contributed by atoms with Crippen LogP contribution in [-0.4, -0.2) is 51.3 Å². The number of unbranched alkanes of at least 4 members (excludes halogenated alkanes) is 2. The van der Waals surface area contributed by atoms with Crippen LogP contribution >= 0.6 is 11.6 Å². The van der Waals surface area contributed by atoms with E-state index >= 15 is 9.18 Å². The summed E-state index contributed by atoms with van der Waals surface area (Å²) >= 11 is 6.33. The molecule has 6 atom stereocenters. The molecule has 9 nitrogen and oxygen atoms in total. The number of phenolic OH excluding ortho intramolecular Hbond substituents is 1. The lowest BCUT2D eigenvalue weighted by Gasteiger charge is -2.50. The second-order valence-electron chi connectivity index (χ2n) is 13.3. The van der Waals surface area contributed by atoms with Crippen molar-refractivity contribution in [2.45, 2.75) is 49.9 Å². The van der Waals surface area contributed by atoms with E-state index in [0.717, 1.165) is 4.90 Å². The van der Waals surface area contributed by atoms with Crippen LogP contribution in [0.5, 0.6) is 5.75 Å². The number of imide groups is 2. The van der Waals surface area contributed by atoms with Gasteiger partial charge in [-0.25, -0.2) is 9.29 Å². The van der Waals surface area contributed by atoms with Gasteiger partial charge in [-0.1, -0.05) is 72.1 Å². The number of aromatic hydroxyl groups is 1. The Morgan fingerprint density at radius 3 is 2.39 bits per heavy atom. The van der Waals surface area contributed by atoms with Gasteiger partial charge in [0.25, 0.3) is 0 Å². The number of carbonyl (C=O) groups excluding carboxylic acids is 4. The highest BCUT2D eigenvalue weighted by molar-refractivity contribution is 6.32. The summed E-state index contributed by atoms with van der Waals surface area (Å²) in [5, 5.41) is 19.4. The third kappa shape index (κ3) is 5.15. The van der Waals surface area contributed by atoms with E-state index < -0.39 is 64.4 Å². The average molecular weight is 685 g/mol. The Labute approximate surface area is 287 Å². The first-order valence-electron chi connectivity index (χ1n) is 16.5. The molecule has 3 aromatic rings. The highest BCUT2D eigenvalue weighted by Crippen LogP contribution is 2.64. The van der Waals surface area contributed by atoms with Crippen LogP contribution in [0, 0.1) is 29.5 Å². The molecule has 4 aliphatic rings. The van der Waals surface area contributed by atoms with Crippen LogP contribution in [0.2, 0.25) is 5.02 Å². The Morgan fingerprint density at radius 2 is 1.67 bits per heavy atom. The maximum Gasteiger partial charge on any atom is 0.303 e. The molecule has 2 saturated heterocycles.